The van der Waals surface area contributed by atoms with Crippen molar-refractivity contribution < 1.29 is 14.8 Å². The molecule has 0 aromatic heterocycles. The molecule has 2 aromatic rings. The summed E-state index contributed by atoms with van der Waals surface area (Å²) in [6, 6.07) is 15.2. The lowest BCUT2D eigenvalue weighted by Gasteiger charge is -1.97. The Balaban J connectivity index is 0.000000231. The fourth-order valence-corrected chi connectivity index (χ4v) is 2.06. The van der Waals surface area contributed by atoms with Crippen LogP contribution in [0.4, 0.5) is 5.69 Å². The van der Waals surface area contributed by atoms with Crippen molar-refractivity contribution >= 4 is 28.6 Å². The van der Waals surface area contributed by atoms with Crippen LogP contribution in [-0.4, -0.2) is 21.2 Å². The number of rotatable bonds is 4. The van der Waals surface area contributed by atoms with Crippen molar-refractivity contribution in [3.63, 3.8) is 0 Å². The third-order valence-corrected chi connectivity index (χ3v) is 3.36. The number of nitrogens with zero attached hydrogens (tertiary/aromatic N) is 1. The average molecular weight is 333 g/mol. The number of carboxylic acid groups (broad SMARTS) is 1. The van der Waals surface area contributed by atoms with Gasteiger partial charge < -0.3 is 10.8 Å². The van der Waals surface area contributed by atoms with E-state index in [4.69, 9.17) is 16.2 Å². The molecule has 2 aromatic carbocycles. The molecule has 0 spiro atoms. The van der Waals surface area contributed by atoms with E-state index in [9.17, 15) is 14.9 Å². The molecule has 2 rings (SSSR count). The molecular weight excluding hydrogens is 318 g/mol. The van der Waals surface area contributed by atoms with E-state index in [0.717, 1.165) is 11.8 Å². The molecule has 120 valence electrons. The summed E-state index contributed by atoms with van der Waals surface area (Å²) < 4.78 is 0. The molecule has 0 heterocycles. The van der Waals surface area contributed by atoms with E-state index in [-0.39, 0.29) is 16.4 Å². The SMILES string of the molecule is N=C(N)SCc1ccccc1.O=C(O)c1ccccc1[N+](=O)[O-]. The highest BCUT2D eigenvalue weighted by Crippen LogP contribution is 2.16. The maximum absolute atomic E-state index is 10.4. The van der Waals surface area contributed by atoms with Gasteiger partial charge in [-0.15, -0.1) is 0 Å². The second-order valence-corrected chi connectivity index (χ2v) is 5.24. The highest BCUT2D eigenvalue weighted by molar-refractivity contribution is 8.13. The highest BCUT2D eigenvalue weighted by atomic mass is 32.2. The maximum Gasteiger partial charge on any atom is 0.342 e. The summed E-state index contributed by atoms with van der Waals surface area (Å²) >= 11 is 1.35. The number of nitrogens with two attached hydrogens (primary N) is 1. The Hall–Kier alpha value is -2.87. The van der Waals surface area contributed by atoms with Gasteiger partial charge in [-0.25, -0.2) is 4.79 Å². The third-order valence-electron chi connectivity index (χ3n) is 2.57. The number of nitrogens with one attached hydrogen (secondary N) is 1. The van der Waals surface area contributed by atoms with E-state index < -0.39 is 10.9 Å². The van der Waals surface area contributed by atoms with E-state index in [1.807, 2.05) is 30.3 Å². The molecule has 0 amide bonds. The number of nitro benzene ring substituents is 1. The van der Waals surface area contributed by atoms with Crippen molar-refractivity contribution in [1.29, 1.82) is 5.41 Å². The van der Waals surface area contributed by atoms with Gasteiger partial charge in [-0.05, 0) is 11.6 Å². The lowest BCUT2D eigenvalue weighted by Crippen LogP contribution is -2.03. The number of hydrogen-bond donors (Lipinski definition) is 3. The first-order chi connectivity index (χ1) is 10.9. The topological polar surface area (TPSA) is 130 Å². The molecule has 0 bridgehead atoms. The molecule has 23 heavy (non-hydrogen) atoms. The molecule has 0 aliphatic heterocycles. The Kier molecular flexibility index (Phi) is 7.28. The third kappa shape index (κ3) is 6.62. The van der Waals surface area contributed by atoms with Crippen molar-refractivity contribution in [1.82, 2.24) is 0 Å². The molecule has 4 N–H and O–H groups in total. The number of benzene rings is 2. The number of nitro groups is 1. The predicted octanol–water partition coefficient (Wildman–Crippen LogP) is 3.11. The second-order valence-electron chi connectivity index (χ2n) is 4.22. The van der Waals surface area contributed by atoms with E-state index in [2.05, 4.69) is 0 Å². The minimum absolute atomic E-state index is 0.175. The summed E-state index contributed by atoms with van der Waals surface area (Å²) in [7, 11) is 0. The fourth-order valence-electron chi connectivity index (χ4n) is 1.55. The molecule has 0 fully saturated rings. The van der Waals surface area contributed by atoms with Crippen molar-refractivity contribution in [3.8, 4) is 0 Å². The molecule has 0 aliphatic carbocycles. The summed E-state index contributed by atoms with van der Waals surface area (Å²) in [5, 5.41) is 25.9. The summed E-state index contributed by atoms with van der Waals surface area (Å²) in [5.41, 5.74) is 5.71. The molecule has 7 nitrogen and oxygen atoms in total. The van der Waals surface area contributed by atoms with Gasteiger partial charge >= 0.3 is 5.97 Å². The first-order valence-corrected chi connectivity index (χ1v) is 7.38. The number of hydrogen-bond acceptors (Lipinski definition) is 5. The van der Waals surface area contributed by atoms with Crippen LogP contribution in [0.5, 0.6) is 0 Å². The standard InChI is InChI=1S/C8H10N2S.C7H5NO4/c9-8(10)11-6-7-4-2-1-3-5-7;9-7(10)5-3-1-2-4-6(5)8(11)12/h1-5H,6H2,(H3,9,10);1-4H,(H,9,10). The Labute approximate surface area is 136 Å². The van der Waals surface area contributed by atoms with Crippen molar-refractivity contribution in [2.75, 3.05) is 0 Å². The van der Waals surface area contributed by atoms with Gasteiger partial charge in [-0.3, -0.25) is 15.5 Å². The number of carboxylic acids is 1. The normalized spacial score (nSPS) is 9.39. The zero-order valence-corrected chi connectivity index (χ0v) is 12.8. The number of thioether (sulfide) groups is 1. The average Bonchev–Trinajstić information content (AvgIpc) is 2.54. The van der Waals surface area contributed by atoms with Crippen molar-refractivity contribution in [3.05, 3.63) is 75.8 Å². The van der Waals surface area contributed by atoms with E-state index in [1.165, 1.54) is 35.5 Å². The van der Waals surface area contributed by atoms with E-state index in [1.54, 1.807) is 0 Å². The van der Waals surface area contributed by atoms with Gasteiger partial charge in [0.15, 0.2) is 5.17 Å². The number of carbonyl (C=O) groups is 1. The monoisotopic (exact) mass is 333 g/mol. The quantitative estimate of drug-likeness (QED) is 0.341. The molecule has 0 saturated carbocycles. The summed E-state index contributed by atoms with van der Waals surface area (Å²) in [6.45, 7) is 0. The van der Waals surface area contributed by atoms with Gasteiger partial charge in [-0.1, -0.05) is 54.2 Å². The highest BCUT2D eigenvalue weighted by Gasteiger charge is 2.17. The lowest BCUT2D eigenvalue weighted by molar-refractivity contribution is -0.385. The molecule has 0 saturated heterocycles. The van der Waals surface area contributed by atoms with Gasteiger partial charge in [0, 0.05) is 11.8 Å². The van der Waals surface area contributed by atoms with Gasteiger partial charge in [0.1, 0.15) is 5.56 Å². The fraction of sp³-hybridized carbons (Fsp3) is 0.0667. The van der Waals surface area contributed by atoms with Gasteiger partial charge in [0.2, 0.25) is 0 Å². The largest absolute Gasteiger partial charge is 0.477 e. The number of amidine groups is 1. The van der Waals surface area contributed by atoms with Crippen LogP contribution >= 0.6 is 11.8 Å². The zero-order chi connectivity index (χ0) is 17.2. The smallest absolute Gasteiger partial charge is 0.342 e. The van der Waals surface area contributed by atoms with Gasteiger partial charge in [0.05, 0.1) is 4.92 Å². The minimum Gasteiger partial charge on any atom is -0.477 e. The van der Waals surface area contributed by atoms with Crippen LogP contribution < -0.4 is 5.73 Å². The Bertz CT molecular complexity index is 659. The molecule has 0 radical (unpaired) electrons. The maximum atomic E-state index is 10.4. The lowest BCUT2D eigenvalue weighted by atomic mass is 10.2. The Morgan fingerprint density at radius 2 is 1.74 bits per heavy atom. The Morgan fingerprint density at radius 3 is 2.22 bits per heavy atom. The van der Waals surface area contributed by atoms with Crippen LogP contribution in [0.2, 0.25) is 0 Å². The van der Waals surface area contributed by atoms with E-state index >= 15 is 0 Å². The van der Waals surface area contributed by atoms with Gasteiger partial charge in [0.25, 0.3) is 5.69 Å². The summed E-state index contributed by atoms with van der Waals surface area (Å²) in [5.74, 6) is -0.502. The van der Waals surface area contributed by atoms with Crippen LogP contribution in [-0.2, 0) is 5.75 Å². The molecule has 0 unspecified atom stereocenters. The summed E-state index contributed by atoms with van der Waals surface area (Å²) in [4.78, 5) is 20.0. The minimum atomic E-state index is -1.29. The van der Waals surface area contributed by atoms with Crippen LogP contribution in [0.25, 0.3) is 0 Å². The molecular formula is C15H15N3O4S. The molecule has 8 heteroatoms. The van der Waals surface area contributed by atoms with Crippen molar-refractivity contribution in [2.24, 2.45) is 5.73 Å². The van der Waals surface area contributed by atoms with Crippen LogP contribution in [0, 0.1) is 15.5 Å². The number of para-hydroxylation sites is 1. The zero-order valence-electron chi connectivity index (χ0n) is 12.0. The number of aromatic carboxylic acids is 1. The summed E-state index contributed by atoms with van der Waals surface area (Å²) in [6.07, 6.45) is 0. The van der Waals surface area contributed by atoms with E-state index in [0.29, 0.717) is 0 Å². The van der Waals surface area contributed by atoms with Gasteiger partial charge in [-0.2, -0.15) is 0 Å². The second kappa shape index (κ2) is 9.21. The predicted molar refractivity (Wildman–Crippen MR) is 89.7 cm³/mol. The van der Waals surface area contributed by atoms with Crippen LogP contribution in [0.3, 0.4) is 0 Å². The molecule has 0 aliphatic rings. The molecule has 0 atom stereocenters. The van der Waals surface area contributed by atoms with Crippen LogP contribution in [0.1, 0.15) is 15.9 Å². The first-order valence-electron chi connectivity index (χ1n) is 6.39. The van der Waals surface area contributed by atoms with Crippen LogP contribution in [0.15, 0.2) is 54.6 Å². The first kappa shape index (κ1) is 18.2. The Morgan fingerprint density at radius 1 is 1.17 bits per heavy atom. The van der Waals surface area contributed by atoms with Crippen molar-refractivity contribution in [2.45, 2.75) is 5.75 Å².